The molecule has 0 aromatic rings. The SMILES string of the molecule is C=CC#CC(O)/C=C/C=C/C. The summed E-state index contributed by atoms with van der Waals surface area (Å²) >= 11 is 0. The van der Waals surface area contributed by atoms with Gasteiger partial charge in [0.25, 0.3) is 0 Å². The minimum atomic E-state index is -0.691. The van der Waals surface area contributed by atoms with Gasteiger partial charge in [-0.3, -0.25) is 0 Å². The summed E-state index contributed by atoms with van der Waals surface area (Å²) in [4.78, 5) is 0. The van der Waals surface area contributed by atoms with Gasteiger partial charge >= 0.3 is 0 Å². The molecule has 0 aromatic heterocycles. The lowest BCUT2D eigenvalue weighted by molar-refractivity contribution is 0.281. The lowest BCUT2D eigenvalue weighted by Crippen LogP contribution is -1.95. The Bertz CT molecular complexity index is 213. The Morgan fingerprint density at radius 3 is 2.73 bits per heavy atom. The van der Waals surface area contributed by atoms with E-state index in [2.05, 4.69) is 18.4 Å². The summed E-state index contributed by atoms with van der Waals surface area (Å²) in [6.07, 6.45) is 7.83. The van der Waals surface area contributed by atoms with Crippen LogP contribution in [0.15, 0.2) is 37.0 Å². The van der Waals surface area contributed by atoms with Gasteiger partial charge in [0.1, 0.15) is 6.10 Å². The number of rotatable bonds is 2. The monoisotopic (exact) mass is 148 g/mol. The van der Waals surface area contributed by atoms with Crippen molar-refractivity contribution in [1.82, 2.24) is 0 Å². The summed E-state index contributed by atoms with van der Waals surface area (Å²) in [7, 11) is 0. The first-order chi connectivity index (χ1) is 5.31. The van der Waals surface area contributed by atoms with Crippen molar-refractivity contribution in [2.75, 3.05) is 0 Å². The number of hydrogen-bond donors (Lipinski definition) is 1. The molecule has 58 valence electrons. The minimum absolute atomic E-state index is 0.691. The van der Waals surface area contributed by atoms with Gasteiger partial charge in [0.05, 0.1) is 0 Å². The van der Waals surface area contributed by atoms with E-state index in [1.54, 1.807) is 12.2 Å². The van der Waals surface area contributed by atoms with Gasteiger partial charge in [-0.05, 0) is 19.1 Å². The van der Waals surface area contributed by atoms with E-state index in [4.69, 9.17) is 5.11 Å². The number of aliphatic hydroxyl groups excluding tert-OH is 1. The summed E-state index contributed by atoms with van der Waals surface area (Å²) in [6.45, 7) is 5.32. The van der Waals surface area contributed by atoms with Crippen LogP contribution in [0.4, 0.5) is 0 Å². The summed E-state index contributed by atoms with van der Waals surface area (Å²) in [5.41, 5.74) is 0. The van der Waals surface area contributed by atoms with Gasteiger partial charge in [-0.15, -0.1) is 0 Å². The highest BCUT2D eigenvalue weighted by Gasteiger charge is 1.85. The molecule has 0 heterocycles. The Kier molecular flexibility index (Phi) is 6.07. The Labute approximate surface area is 67.7 Å². The molecule has 0 aromatic carbocycles. The lowest BCUT2D eigenvalue weighted by Gasteiger charge is -1.89. The second-order valence-corrected chi connectivity index (χ2v) is 1.85. The van der Waals surface area contributed by atoms with Crippen LogP contribution < -0.4 is 0 Å². The average molecular weight is 148 g/mol. The topological polar surface area (TPSA) is 20.2 Å². The smallest absolute Gasteiger partial charge is 0.134 e. The van der Waals surface area contributed by atoms with Gasteiger partial charge < -0.3 is 5.11 Å². The van der Waals surface area contributed by atoms with Crippen molar-refractivity contribution in [3.8, 4) is 11.8 Å². The van der Waals surface area contributed by atoms with E-state index in [0.717, 1.165) is 0 Å². The van der Waals surface area contributed by atoms with E-state index in [9.17, 15) is 0 Å². The van der Waals surface area contributed by atoms with E-state index in [0.29, 0.717) is 0 Å². The first kappa shape index (κ1) is 9.74. The Morgan fingerprint density at radius 2 is 2.18 bits per heavy atom. The van der Waals surface area contributed by atoms with Crippen molar-refractivity contribution in [3.63, 3.8) is 0 Å². The summed E-state index contributed by atoms with van der Waals surface area (Å²) in [5.74, 6) is 5.12. The first-order valence-electron chi connectivity index (χ1n) is 3.40. The third-order valence-corrected chi connectivity index (χ3v) is 0.930. The molecule has 1 N–H and O–H groups in total. The van der Waals surface area contributed by atoms with Crippen LogP contribution in [0.1, 0.15) is 6.92 Å². The molecule has 1 heteroatoms. The normalized spacial score (nSPS) is 12.9. The van der Waals surface area contributed by atoms with Crippen LogP contribution in [0, 0.1) is 11.8 Å². The number of allylic oxidation sites excluding steroid dienone is 4. The molecule has 1 atom stereocenters. The quantitative estimate of drug-likeness (QED) is 0.466. The van der Waals surface area contributed by atoms with Gasteiger partial charge in [0.15, 0.2) is 0 Å². The molecule has 0 amide bonds. The molecule has 0 saturated heterocycles. The highest BCUT2D eigenvalue weighted by Crippen LogP contribution is 1.84. The average Bonchev–Trinajstić information content (AvgIpc) is 2.01. The zero-order valence-electron chi connectivity index (χ0n) is 6.62. The summed E-state index contributed by atoms with van der Waals surface area (Å²) in [6, 6.07) is 0. The maximum atomic E-state index is 9.06. The van der Waals surface area contributed by atoms with Crippen LogP contribution in [-0.4, -0.2) is 11.2 Å². The van der Waals surface area contributed by atoms with Gasteiger partial charge in [-0.1, -0.05) is 36.6 Å². The number of hydrogen-bond acceptors (Lipinski definition) is 1. The van der Waals surface area contributed by atoms with Crippen LogP contribution in [0.3, 0.4) is 0 Å². The molecule has 0 saturated carbocycles. The second kappa shape index (κ2) is 6.85. The zero-order chi connectivity index (χ0) is 8.53. The lowest BCUT2D eigenvalue weighted by atomic mass is 10.3. The fourth-order valence-corrected chi connectivity index (χ4v) is 0.473. The fraction of sp³-hybridized carbons (Fsp3) is 0.200. The fourth-order valence-electron chi connectivity index (χ4n) is 0.473. The van der Waals surface area contributed by atoms with Gasteiger partial charge in [0, 0.05) is 0 Å². The molecule has 0 radical (unpaired) electrons. The van der Waals surface area contributed by atoms with Crippen molar-refractivity contribution >= 4 is 0 Å². The van der Waals surface area contributed by atoms with Crippen LogP contribution in [-0.2, 0) is 0 Å². The van der Waals surface area contributed by atoms with Crippen molar-refractivity contribution in [2.24, 2.45) is 0 Å². The summed E-state index contributed by atoms with van der Waals surface area (Å²) in [5, 5.41) is 9.06. The molecule has 1 nitrogen and oxygen atoms in total. The van der Waals surface area contributed by atoms with Gasteiger partial charge in [0.2, 0.25) is 0 Å². The zero-order valence-corrected chi connectivity index (χ0v) is 6.62. The van der Waals surface area contributed by atoms with Crippen LogP contribution in [0.2, 0.25) is 0 Å². The molecule has 0 rings (SSSR count). The minimum Gasteiger partial charge on any atom is -0.377 e. The van der Waals surface area contributed by atoms with Crippen LogP contribution >= 0.6 is 0 Å². The van der Waals surface area contributed by atoms with Crippen LogP contribution in [0.25, 0.3) is 0 Å². The molecular formula is C10H12O. The third-order valence-electron chi connectivity index (χ3n) is 0.930. The molecule has 0 aliphatic rings. The van der Waals surface area contributed by atoms with Crippen molar-refractivity contribution in [3.05, 3.63) is 37.0 Å². The predicted molar refractivity (Wildman–Crippen MR) is 47.9 cm³/mol. The molecule has 11 heavy (non-hydrogen) atoms. The Morgan fingerprint density at radius 1 is 1.45 bits per heavy atom. The van der Waals surface area contributed by atoms with E-state index in [-0.39, 0.29) is 0 Å². The van der Waals surface area contributed by atoms with Gasteiger partial charge in [-0.25, -0.2) is 0 Å². The summed E-state index contributed by atoms with van der Waals surface area (Å²) < 4.78 is 0. The molecule has 0 aliphatic carbocycles. The first-order valence-corrected chi connectivity index (χ1v) is 3.40. The van der Waals surface area contributed by atoms with E-state index >= 15 is 0 Å². The largest absolute Gasteiger partial charge is 0.377 e. The highest BCUT2D eigenvalue weighted by molar-refractivity contribution is 5.20. The maximum absolute atomic E-state index is 9.06. The third kappa shape index (κ3) is 6.63. The highest BCUT2D eigenvalue weighted by atomic mass is 16.3. The predicted octanol–water partition coefficient (Wildman–Crippen LogP) is 1.67. The Balaban J connectivity index is 3.85. The molecule has 1 unspecified atom stereocenters. The molecule has 0 bridgehead atoms. The van der Waals surface area contributed by atoms with Gasteiger partial charge in [-0.2, -0.15) is 0 Å². The molecule has 0 fully saturated rings. The van der Waals surface area contributed by atoms with E-state index in [1.165, 1.54) is 6.08 Å². The number of aliphatic hydroxyl groups is 1. The van der Waals surface area contributed by atoms with E-state index < -0.39 is 6.10 Å². The van der Waals surface area contributed by atoms with Crippen LogP contribution in [0.5, 0.6) is 0 Å². The molecule has 0 spiro atoms. The maximum Gasteiger partial charge on any atom is 0.134 e. The Hall–Kier alpha value is -1.26. The molecular weight excluding hydrogens is 136 g/mol. The standard InChI is InChI=1S/C10H12O/c1-3-5-7-9-10(11)8-6-4-2/h3-5,7,9-11H,2H2,1H3/b5-3+,9-7+. The van der Waals surface area contributed by atoms with Crippen molar-refractivity contribution in [1.29, 1.82) is 0 Å². The van der Waals surface area contributed by atoms with Crippen molar-refractivity contribution in [2.45, 2.75) is 13.0 Å². The van der Waals surface area contributed by atoms with Crippen molar-refractivity contribution < 1.29 is 5.11 Å². The second-order valence-electron chi connectivity index (χ2n) is 1.85. The molecule has 0 aliphatic heterocycles. The van der Waals surface area contributed by atoms with E-state index in [1.807, 2.05) is 19.1 Å².